The zero-order chi connectivity index (χ0) is 21.6. The Balaban J connectivity index is 1.87. The zero-order valence-corrected chi connectivity index (χ0v) is 17.3. The average molecular weight is 427 g/mol. The highest BCUT2D eigenvalue weighted by Gasteiger charge is 2.23. The summed E-state index contributed by atoms with van der Waals surface area (Å²) in [5, 5.41) is 7.29. The van der Waals surface area contributed by atoms with E-state index in [4.69, 9.17) is 9.26 Å². The van der Waals surface area contributed by atoms with Crippen LogP contribution in [-0.2, 0) is 14.8 Å². The summed E-state index contributed by atoms with van der Waals surface area (Å²) in [5.41, 5.74) is 1.04. The normalized spacial score (nSPS) is 11.4. The maximum atomic E-state index is 13.0. The fraction of sp³-hybridized carbons (Fsp3) is 0.143. The summed E-state index contributed by atoms with van der Waals surface area (Å²) < 4.78 is 37.1. The lowest BCUT2D eigenvalue weighted by Gasteiger charge is -2.22. The average Bonchev–Trinajstić information content (AvgIpc) is 3.16. The minimum Gasteiger partial charge on any atom is -0.497 e. The van der Waals surface area contributed by atoms with Gasteiger partial charge in [0, 0.05) is 6.07 Å². The van der Waals surface area contributed by atoms with Crippen molar-refractivity contribution in [3.8, 4) is 5.75 Å². The Bertz CT molecular complexity index is 1120. The van der Waals surface area contributed by atoms with E-state index in [0.29, 0.717) is 17.2 Å². The van der Waals surface area contributed by atoms with Gasteiger partial charge in [-0.15, -0.1) is 0 Å². The summed E-state index contributed by atoms with van der Waals surface area (Å²) >= 11 is 0. The molecule has 0 bridgehead atoms. The number of carbonyl (C=O) groups excluding carboxylic acids is 1. The van der Waals surface area contributed by atoms with E-state index in [9.17, 15) is 13.2 Å². The van der Waals surface area contributed by atoms with Crippen molar-refractivity contribution in [2.45, 2.75) is 6.92 Å². The van der Waals surface area contributed by atoms with Crippen molar-refractivity contribution in [3.05, 3.63) is 77.4 Å². The number of carbonyl (C=O) groups is 1. The smallest absolute Gasteiger partial charge is 0.257 e. The van der Waals surface area contributed by atoms with Gasteiger partial charge in [-0.25, -0.2) is 8.42 Å². The molecule has 2 aromatic carbocycles. The van der Waals surface area contributed by atoms with Crippen LogP contribution in [-0.4, -0.2) is 33.1 Å². The van der Waals surface area contributed by atoms with Crippen LogP contribution in [0, 0.1) is 6.92 Å². The number of hydrogen-bond donors (Lipinski definition) is 1. The number of hydrogen-bond acceptors (Lipinski definition) is 6. The highest BCUT2D eigenvalue weighted by atomic mass is 32.2. The Morgan fingerprint density at radius 3 is 2.47 bits per heavy atom. The number of anilines is 2. The molecule has 30 heavy (non-hydrogen) atoms. The van der Waals surface area contributed by atoms with E-state index >= 15 is 0 Å². The van der Waals surface area contributed by atoms with Crippen LogP contribution in [0.1, 0.15) is 11.3 Å². The van der Waals surface area contributed by atoms with E-state index in [1.165, 1.54) is 13.2 Å². The lowest BCUT2D eigenvalue weighted by atomic mass is 10.2. The van der Waals surface area contributed by atoms with E-state index in [1.54, 1.807) is 61.5 Å². The molecule has 0 aliphatic rings. The second kappa shape index (κ2) is 9.27. The van der Waals surface area contributed by atoms with E-state index in [0.717, 1.165) is 15.3 Å². The Hall–Kier alpha value is -3.59. The molecule has 1 amide bonds. The number of aromatic nitrogens is 1. The Labute approximate surface area is 174 Å². The number of amides is 1. The lowest BCUT2D eigenvalue weighted by molar-refractivity contribution is -0.114. The first-order chi connectivity index (χ1) is 14.4. The number of nitrogens with one attached hydrogen (secondary N) is 1. The molecule has 0 aliphatic carbocycles. The minimum absolute atomic E-state index is 0.212. The zero-order valence-electron chi connectivity index (χ0n) is 16.5. The first kappa shape index (κ1) is 21.1. The molecule has 0 spiro atoms. The number of methoxy groups -OCH3 is 1. The third-order valence-electron chi connectivity index (χ3n) is 4.08. The highest BCUT2D eigenvalue weighted by molar-refractivity contribution is 7.95. The Kier molecular flexibility index (Phi) is 6.53. The lowest BCUT2D eigenvalue weighted by Crippen LogP contribution is -2.37. The largest absolute Gasteiger partial charge is 0.497 e. The highest BCUT2D eigenvalue weighted by Crippen LogP contribution is 2.23. The molecular formula is C21H21N3O5S. The number of aryl methyl sites for hydroxylation is 1. The Morgan fingerprint density at radius 1 is 1.17 bits per heavy atom. The molecule has 0 aliphatic heterocycles. The summed E-state index contributed by atoms with van der Waals surface area (Å²) in [7, 11) is -2.45. The van der Waals surface area contributed by atoms with Crippen LogP contribution in [0.2, 0.25) is 0 Å². The fourth-order valence-electron chi connectivity index (χ4n) is 2.62. The Morgan fingerprint density at radius 2 is 1.87 bits per heavy atom. The van der Waals surface area contributed by atoms with Crippen molar-refractivity contribution >= 4 is 33.5 Å². The molecule has 0 radical (unpaired) electrons. The van der Waals surface area contributed by atoms with Crippen LogP contribution < -0.4 is 14.4 Å². The van der Waals surface area contributed by atoms with Gasteiger partial charge in [0.05, 0.1) is 18.2 Å². The fourth-order valence-corrected chi connectivity index (χ4v) is 3.81. The molecule has 0 saturated carbocycles. The number of sulfonamides is 1. The summed E-state index contributed by atoms with van der Waals surface area (Å²) in [6.07, 6.45) is 1.48. The van der Waals surface area contributed by atoms with Crippen molar-refractivity contribution in [2.75, 3.05) is 23.3 Å². The molecular weight excluding hydrogens is 406 g/mol. The topological polar surface area (TPSA) is 102 Å². The summed E-state index contributed by atoms with van der Waals surface area (Å²) in [6, 6.07) is 16.9. The number of nitrogens with zero attached hydrogens (tertiary/aromatic N) is 2. The van der Waals surface area contributed by atoms with E-state index in [-0.39, 0.29) is 5.82 Å². The van der Waals surface area contributed by atoms with Crippen LogP contribution in [0.5, 0.6) is 5.75 Å². The van der Waals surface area contributed by atoms with Gasteiger partial charge in [0.15, 0.2) is 5.82 Å². The molecule has 1 aromatic heterocycles. The SMILES string of the molecule is COc1ccc(N(CC(=O)Nc2cc(C)on2)S(=O)(=O)C=Cc2ccccc2)cc1. The molecule has 1 N–H and O–H groups in total. The summed E-state index contributed by atoms with van der Waals surface area (Å²) in [6.45, 7) is 1.24. The number of ether oxygens (including phenoxy) is 1. The summed E-state index contributed by atoms with van der Waals surface area (Å²) in [4.78, 5) is 12.5. The van der Waals surface area contributed by atoms with E-state index in [2.05, 4.69) is 10.5 Å². The monoisotopic (exact) mass is 427 g/mol. The van der Waals surface area contributed by atoms with Gasteiger partial charge >= 0.3 is 0 Å². The molecule has 0 unspecified atom stereocenters. The van der Waals surface area contributed by atoms with Gasteiger partial charge in [-0.3, -0.25) is 9.10 Å². The van der Waals surface area contributed by atoms with Gasteiger partial charge in [-0.05, 0) is 42.8 Å². The van der Waals surface area contributed by atoms with Crippen molar-refractivity contribution in [1.29, 1.82) is 0 Å². The van der Waals surface area contributed by atoms with Gasteiger partial charge in [0.25, 0.3) is 10.0 Å². The molecule has 3 aromatic rings. The minimum atomic E-state index is -3.97. The molecule has 1 heterocycles. The first-order valence-corrected chi connectivity index (χ1v) is 10.5. The van der Waals surface area contributed by atoms with Gasteiger partial charge in [-0.1, -0.05) is 35.5 Å². The first-order valence-electron chi connectivity index (χ1n) is 9.00. The number of benzene rings is 2. The van der Waals surface area contributed by atoms with E-state index in [1.807, 2.05) is 6.07 Å². The quantitative estimate of drug-likeness (QED) is 0.591. The number of rotatable bonds is 8. The molecule has 0 saturated heterocycles. The maximum Gasteiger partial charge on any atom is 0.257 e. The van der Waals surface area contributed by atoms with Gasteiger partial charge in [0.2, 0.25) is 5.91 Å². The van der Waals surface area contributed by atoms with Crippen LogP contribution in [0.3, 0.4) is 0 Å². The van der Waals surface area contributed by atoms with Crippen LogP contribution in [0.15, 0.2) is 70.6 Å². The van der Waals surface area contributed by atoms with Gasteiger partial charge in [-0.2, -0.15) is 0 Å². The van der Waals surface area contributed by atoms with Crippen molar-refractivity contribution in [3.63, 3.8) is 0 Å². The molecule has 156 valence electrons. The predicted octanol–water partition coefficient (Wildman–Crippen LogP) is 3.44. The molecule has 0 atom stereocenters. The maximum absolute atomic E-state index is 13.0. The van der Waals surface area contributed by atoms with Crippen molar-refractivity contribution < 1.29 is 22.5 Å². The van der Waals surface area contributed by atoms with Crippen molar-refractivity contribution in [2.24, 2.45) is 0 Å². The molecule has 8 nitrogen and oxygen atoms in total. The predicted molar refractivity (Wildman–Crippen MR) is 115 cm³/mol. The summed E-state index contributed by atoms with van der Waals surface area (Å²) in [5.74, 6) is 0.745. The second-order valence-corrected chi connectivity index (χ2v) is 8.08. The van der Waals surface area contributed by atoms with Gasteiger partial charge < -0.3 is 14.6 Å². The second-order valence-electron chi connectivity index (χ2n) is 6.33. The van der Waals surface area contributed by atoms with E-state index < -0.39 is 22.5 Å². The molecule has 9 heteroatoms. The standard InChI is InChI=1S/C21H21N3O5S/c1-16-14-20(23-29-16)22-21(25)15-24(18-8-10-19(28-2)11-9-18)30(26,27)13-12-17-6-4-3-5-7-17/h3-14H,15H2,1-2H3,(H,22,23,25). The van der Waals surface area contributed by atoms with Crippen LogP contribution in [0.25, 0.3) is 6.08 Å². The molecule has 3 rings (SSSR count). The third-order valence-corrected chi connectivity index (χ3v) is 5.52. The third kappa shape index (κ3) is 5.48. The van der Waals surface area contributed by atoms with Gasteiger partial charge in [0.1, 0.15) is 18.1 Å². The van der Waals surface area contributed by atoms with Crippen LogP contribution >= 0.6 is 0 Å². The van der Waals surface area contributed by atoms with Crippen molar-refractivity contribution in [1.82, 2.24) is 5.16 Å². The van der Waals surface area contributed by atoms with Crippen LogP contribution in [0.4, 0.5) is 11.5 Å². The molecule has 0 fully saturated rings.